The van der Waals surface area contributed by atoms with E-state index in [4.69, 9.17) is 9.97 Å². The summed E-state index contributed by atoms with van der Waals surface area (Å²) in [4.78, 5) is 34.6. The second-order valence-corrected chi connectivity index (χ2v) is 7.41. The Morgan fingerprint density at radius 3 is 2.66 bits per heavy atom. The van der Waals surface area contributed by atoms with E-state index in [0.717, 1.165) is 36.5 Å². The van der Waals surface area contributed by atoms with Crippen molar-refractivity contribution in [1.29, 1.82) is 0 Å². The van der Waals surface area contributed by atoms with E-state index in [1.165, 1.54) is 0 Å². The molecule has 4 rings (SSSR count). The average Bonchev–Trinajstić information content (AvgIpc) is 2.79. The lowest BCUT2D eigenvalue weighted by Crippen LogP contribution is -2.39. The van der Waals surface area contributed by atoms with Crippen LogP contribution in [0.5, 0.6) is 0 Å². The largest absolute Gasteiger partial charge is 0.363 e. The number of likely N-dealkylation sites (tertiary alicyclic amines) is 1. The molecule has 3 aromatic heterocycles. The number of carbonyl (C=O) groups is 1. The zero-order chi connectivity index (χ0) is 20.2. The molecule has 3 aromatic rings. The Morgan fingerprint density at radius 1 is 1.10 bits per heavy atom. The molecule has 148 valence electrons. The number of anilines is 1. The van der Waals surface area contributed by atoms with Gasteiger partial charge in [0.2, 0.25) is 0 Å². The van der Waals surface area contributed by atoms with Crippen LogP contribution in [0.2, 0.25) is 0 Å². The lowest BCUT2D eigenvalue weighted by Gasteiger charge is -2.32. The van der Waals surface area contributed by atoms with Crippen molar-refractivity contribution in [2.75, 3.05) is 32.1 Å². The van der Waals surface area contributed by atoms with Gasteiger partial charge in [-0.25, -0.2) is 9.97 Å². The van der Waals surface area contributed by atoms with Crippen LogP contribution in [0.3, 0.4) is 0 Å². The van der Waals surface area contributed by atoms with Crippen LogP contribution in [0, 0.1) is 0 Å². The molecule has 1 amide bonds. The van der Waals surface area contributed by atoms with Gasteiger partial charge in [-0.2, -0.15) is 0 Å². The van der Waals surface area contributed by atoms with Gasteiger partial charge in [0.15, 0.2) is 5.82 Å². The topological polar surface area (TPSA) is 75.1 Å². The Hall–Kier alpha value is -3.35. The first-order valence-corrected chi connectivity index (χ1v) is 9.79. The predicted octanol–water partition coefficient (Wildman–Crippen LogP) is 3.02. The van der Waals surface area contributed by atoms with Crippen LogP contribution in [-0.2, 0) is 0 Å². The first kappa shape index (κ1) is 19.0. The molecular formula is C22H24N6O. The van der Waals surface area contributed by atoms with Crippen molar-refractivity contribution in [3.05, 3.63) is 66.4 Å². The van der Waals surface area contributed by atoms with Crippen molar-refractivity contribution in [3.63, 3.8) is 0 Å². The maximum Gasteiger partial charge on any atom is 0.272 e. The van der Waals surface area contributed by atoms with Crippen LogP contribution in [0.15, 0.2) is 55.0 Å². The van der Waals surface area contributed by atoms with Gasteiger partial charge in [-0.05, 0) is 37.1 Å². The van der Waals surface area contributed by atoms with Crippen LogP contribution in [0.25, 0.3) is 11.4 Å². The van der Waals surface area contributed by atoms with Crippen LogP contribution in [-0.4, -0.2) is 57.9 Å². The zero-order valence-corrected chi connectivity index (χ0v) is 16.7. The van der Waals surface area contributed by atoms with Gasteiger partial charge >= 0.3 is 0 Å². The van der Waals surface area contributed by atoms with Gasteiger partial charge in [0, 0.05) is 63.3 Å². The lowest BCUT2D eigenvalue weighted by atomic mass is 9.94. The Kier molecular flexibility index (Phi) is 5.46. The molecule has 1 atom stereocenters. The van der Waals surface area contributed by atoms with Crippen molar-refractivity contribution >= 4 is 11.7 Å². The third-order valence-electron chi connectivity index (χ3n) is 5.14. The second-order valence-electron chi connectivity index (χ2n) is 7.41. The molecule has 1 aliphatic rings. The molecule has 4 heterocycles. The number of aromatic nitrogens is 4. The number of rotatable bonds is 4. The molecule has 0 aliphatic carbocycles. The highest BCUT2D eigenvalue weighted by atomic mass is 16.2. The number of pyridine rings is 2. The van der Waals surface area contributed by atoms with E-state index in [9.17, 15) is 4.79 Å². The molecule has 0 saturated carbocycles. The molecule has 1 aliphatic heterocycles. The summed E-state index contributed by atoms with van der Waals surface area (Å²) in [6, 6.07) is 11.3. The molecule has 0 bridgehead atoms. The molecular weight excluding hydrogens is 364 g/mol. The highest BCUT2D eigenvalue weighted by Crippen LogP contribution is 2.29. The monoisotopic (exact) mass is 388 g/mol. The van der Waals surface area contributed by atoms with Crippen molar-refractivity contribution < 1.29 is 4.79 Å². The minimum atomic E-state index is -0.0217. The highest BCUT2D eigenvalue weighted by molar-refractivity contribution is 5.92. The van der Waals surface area contributed by atoms with Gasteiger partial charge in [-0.1, -0.05) is 6.07 Å². The summed E-state index contributed by atoms with van der Waals surface area (Å²) in [5.74, 6) is 1.68. The van der Waals surface area contributed by atoms with Crippen molar-refractivity contribution in [3.8, 4) is 11.4 Å². The number of hydrogen-bond acceptors (Lipinski definition) is 6. The maximum absolute atomic E-state index is 12.9. The molecule has 7 heteroatoms. The first-order chi connectivity index (χ1) is 14.1. The van der Waals surface area contributed by atoms with Crippen LogP contribution in [0.4, 0.5) is 5.82 Å². The fourth-order valence-electron chi connectivity index (χ4n) is 3.58. The molecule has 0 aromatic carbocycles. The molecule has 0 spiro atoms. The Balaban J connectivity index is 1.63. The van der Waals surface area contributed by atoms with E-state index in [1.807, 2.05) is 54.2 Å². The van der Waals surface area contributed by atoms with Gasteiger partial charge in [0.1, 0.15) is 11.5 Å². The van der Waals surface area contributed by atoms with Crippen LogP contribution < -0.4 is 4.90 Å². The fourth-order valence-corrected chi connectivity index (χ4v) is 3.58. The van der Waals surface area contributed by atoms with E-state index in [-0.39, 0.29) is 11.8 Å². The standard InChI is InChI=1S/C22H24N6O/c1-27(2)20-14-19(25-21(26-20)16-8-11-23-12-9-16)17-6-5-13-28(15-17)22(29)18-7-3-4-10-24-18/h3-4,7-12,14,17H,5-6,13,15H2,1-2H3. The summed E-state index contributed by atoms with van der Waals surface area (Å²) in [5, 5.41) is 0. The average molecular weight is 388 g/mol. The van der Waals surface area contributed by atoms with E-state index < -0.39 is 0 Å². The summed E-state index contributed by atoms with van der Waals surface area (Å²) in [6.45, 7) is 1.38. The fraction of sp³-hybridized carbons (Fsp3) is 0.318. The minimum absolute atomic E-state index is 0.0217. The Labute approximate surface area is 170 Å². The van der Waals surface area contributed by atoms with Crippen molar-refractivity contribution in [2.45, 2.75) is 18.8 Å². The number of carbonyl (C=O) groups excluding carboxylic acids is 1. The molecule has 29 heavy (non-hydrogen) atoms. The summed E-state index contributed by atoms with van der Waals surface area (Å²) >= 11 is 0. The summed E-state index contributed by atoms with van der Waals surface area (Å²) < 4.78 is 0. The molecule has 1 unspecified atom stereocenters. The van der Waals surface area contributed by atoms with E-state index in [0.29, 0.717) is 18.1 Å². The molecule has 0 N–H and O–H groups in total. The van der Waals surface area contributed by atoms with Gasteiger partial charge in [0.05, 0.1) is 5.69 Å². The molecule has 7 nitrogen and oxygen atoms in total. The van der Waals surface area contributed by atoms with Gasteiger partial charge in [0.25, 0.3) is 5.91 Å². The summed E-state index contributed by atoms with van der Waals surface area (Å²) in [5.41, 5.74) is 2.39. The van der Waals surface area contributed by atoms with E-state index >= 15 is 0 Å². The van der Waals surface area contributed by atoms with Crippen LogP contribution in [0.1, 0.15) is 34.9 Å². The maximum atomic E-state index is 12.9. The first-order valence-electron chi connectivity index (χ1n) is 9.79. The van der Waals surface area contributed by atoms with Crippen molar-refractivity contribution in [2.24, 2.45) is 0 Å². The summed E-state index contributed by atoms with van der Waals surface area (Å²) in [6.07, 6.45) is 7.08. The van der Waals surface area contributed by atoms with Crippen LogP contribution >= 0.6 is 0 Å². The molecule has 0 radical (unpaired) electrons. The highest BCUT2D eigenvalue weighted by Gasteiger charge is 2.27. The number of piperidine rings is 1. The number of amides is 1. The molecule has 1 fully saturated rings. The SMILES string of the molecule is CN(C)c1cc(C2CCCN(C(=O)c3ccccn3)C2)nc(-c2ccncc2)n1. The Bertz CT molecular complexity index is 977. The molecule has 1 saturated heterocycles. The van der Waals surface area contributed by atoms with Gasteiger partial charge in [-0.15, -0.1) is 0 Å². The minimum Gasteiger partial charge on any atom is -0.363 e. The van der Waals surface area contributed by atoms with E-state index in [2.05, 4.69) is 9.97 Å². The third-order valence-corrected chi connectivity index (χ3v) is 5.14. The number of nitrogens with zero attached hydrogens (tertiary/aromatic N) is 6. The number of hydrogen-bond donors (Lipinski definition) is 0. The van der Waals surface area contributed by atoms with Gasteiger partial charge < -0.3 is 9.80 Å². The summed E-state index contributed by atoms with van der Waals surface area (Å²) in [7, 11) is 3.94. The smallest absolute Gasteiger partial charge is 0.272 e. The van der Waals surface area contributed by atoms with Crippen molar-refractivity contribution in [1.82, 2.24) is 24.8 Å². The quantitative estimate of drug-likeness (QED) is 0.684. The lowest BCUT2D eigenvalue weighted by molar-refractivity contribution is 0.0700. The third kappa shape index (κ3) is 4.23. The normalized spacial score (nSPS) is 16.5. The predicted molar refractivity (Wildman–Crippen MR) is 112 cm³/mol. The Morgan fingerprint density at radius 2 is 1.93 bits per heavy atom. The van der Waals surface area contributed by atoms with Gasteiger partial charge in [-0.3, -0.25) is 14.8 Å². The van der Waals surface area contributed by atoms with E-state index in [1.54, 1.807) is 24.7 Å². The zero-order valence-electron chi connectivity index (χ0n) is 16.7. The second kappa shape index (κ2) is 8.34.